The van der Waals surface area contributed by atoms with Gasteiger partial charge in [-0.05, 0) is 43.9 Å². The van der Waals surface area contributed by atoms with Crippen LogP contribution in [0.2, 0.25) is 0 Å². The summed E-state index contributed by atoms with van der Waals surface area (Å²) in [4.78, 5) is 11.7. The van der Waals surface area contributed by atoms with E-state index in [-0.39, 0.29) is 30.9 Å². The monoisotopic (exact) mass is 407 g/mol. The molecule has 2 aliphatic rings. The molecule has 144 valence electrons. The summed E-state index contributed by atoms with van der Waals surface area (Å²) in [6, 6.07) is 7.49. The SMILES string of the molecule is Cl.Cl.N#Cc1cc(N)cc(Nc2nc3c(c(N4CC[C@H](N)C4)n2)CCC3)c1. The Labute approximate surface area is 171 Å². The Morgan fingerprint density at radius 3 is 2.70 bits per heavy atom. The van der Waals surface area contributed by atoms with Crippen LogP contribution in [0.4, 0.5) is 23.1 Å². The highest BCUT2D eigenvalue weighted by atomic mass is 35.5. The van der Waals surface area contributed by atoms with Crippen LogP contribution in [0.3, 0.4) is 0 Å². The lowest BCUT2D eigenvalue weighted by Crippen LogP contribution is -2.28. The second kappa shape index (κ2) is 8.61. The van der Waals surface area contributed by atoms with E-state index in [1.165, 1.54) is 5.56 Å². The molecule has 0 amide bonds. The number of anilines is 4. The molecule has 7 nitrogen and oxygen atoms in total. The zero-order valence-corrected chi connectivity index (χ0v) is 16.4. The maximum absolute atomic E-state index is 9.11. The van der Waals surface area contributed by atoms with Crippen LogP contribution in [0.15, 0.2) is 18.2 Å². The van der Waals surface area contributed by atoms with Crippen LogP contribution in [0.1, 0.15) is 29.7 Å². The van der Waals surface area contributed by atoms with Gasteiger partial charge in [-0.1, -0.05) is 0 Å². The topological polar surface area (TPSA) is 117 Å². The zero-order chi connectivity index (χ0) is 17.4. The van der Waals surface area contributed by atoms with Gasteiger partial charge in [0.05, 0.1) is 17.3 Å². The molecule has 9 heteroatoms. The highest BCUT2D eigenvalue weighted by Crippen LogP contribution is 2.32. The lowest BCUT2D eigenvalue weighted by atomic mass is 10.2. The fraction of sp³-hybridized carbons (Fsp3) is 0.389. The van der Waals surface area contributed by atoms with Crippen LogP contribution < -0.4 is 21.7 Å². The van der Waals surface area contributed by atoms with Gasteiger partial charge >= 0.3 is 0 Å². The van der Waals surface area contributed by atoms with Crippen molar-refractivity contribution in [3.8, 4) is 6.07 Å². The van der Waals surface area contributed by atoms with Crippen molar-refractivity contribution in [3.05, 3.63) is 35.0 Å². The lowest BCUT2D eigenvalue weighted by Gasteiger charge is -2.21. The Morgan fingerprint density at radius 2 is 2.00 bits per heavy atom. The molecule has 0 saturated carbocycles. The van der Waals surface area contributed by atoms with E-state index in [1.807, 2.05) is 0 Å². The predicted molar refractivity (Wildman–Crippen MR) is 112 cm³/mol. The van der Waals surface area contributed by atoms with Crippen molar-refractivity contribution in [2.75, 3.05) is 29.0 Å². The molecule has 5 N–H and O–H groups in total. The number of nitrogens with one attached hydrogen (secondary N) is 1. The van der Waals surface area contributed by atoms with Gasteiger partial charge in [0.1, 0.15) is 5.82 Å². The Balaban J connectivity index is 0.00000131. The van der Waals surface area contributed by atoms with Crippen molar-refractivity contribution in [2.45, 2.75) is 31.7 Å². The van der Waals surface area contributed by atoms with Crippen LogP contribution in [0.5, 0.6) is 0 Å². The number of aryl methyl sites for hydroxylation is 1. The van der Waals surface area contributed by atoms with Crippen molar-refractivity contribution < 1.29 is 0 Å². The first-order valence-corrected chi connectivity index (χ1v) is 8.60. The summed E-state index contributed by atoms with van der Waals surface area (Å²) in [7, 11) is 0. The summed E-state index contributed by atoms with van der Waals surface area (Å²) >= 11 is 0. The lowest BCUT2D eigenvalue weighted by molar-refractivity contribution is 0.751. The van der Waals surface area contributed by atoms with Crippen LogP contribution in [0.25, 0.3) is 0 Å². The van der Waals surface area contributed by atoms with Gasteiger partial charge in [0.2, 0.25) is 5.95 Å². The number of benzene rings is 1. The standard InChI is InChI=1S/C18H21N7.2ClH/c19-9-11-6-13(21)8-14(7-11)22-18-23-16-3-1-2-15(16)17(24-18)25-5-4-12(20)10-25;;/h6-8,12H,1-5,10,20-21H2,(H,22,23,24);2*1H/t12-;;/m0../s1. The van der Waals surface area contributed by atoms with Gasteiger partial charge in [-0.15, -0.1) is 24.8 Å². The molecule has 1 aliphatic heterocycles. The van der Waals surface area contributed by atoms with Gasteiger partial charge in [0.25, 0.3) is 0 Å². The second-order valence-electron chi connectivity index (χ2n) is 6.72. The Morgan fingerprint density at radius 1 is 1.19 bits per heavy atom. The fourth-order valence-corrected chi connectivity index (χ4v) is 3.63. The first-order valence-electron chi connectivity index (χ1n) is 8.60. The third-order valence-electron chi connectivity index (χ3n) is 4.78. The number of halogens is 2. The maximum Gasteiger partial charge on any atom is 0.229 e. The minimum atomic E-state index is 0. The number of rotatable bonds is 3. The molecule has 1 saturated heterocycles. The molecular weight excluding hydrogens is 385 g/mol. The number of nitrogens with two attached hydrogens (primary N) is 2. The van der Waals surface area contributed by atoms with Crippen LogP contribution in [-0.2, 0) is 12.8 Å². The van der Waals surface area contributed by atoms with Crippen molar-refractivity contribution in [3.63, 3.8) is 0 Å². The molecule has 2 heterocycles. The smallest absolute Gasteiger partial charge is 0.229 e. The summed E-state index contributed by atoms with van der Waals surface area (Å²) in [5.41, 5.74) is 16.1. The van der Waals surface area contributed by atoms with Gasteiger partial charge in [-0.25, -0.2) is 4.98 Å². The Kier molecular flexibility index (Phi) is 6.71. The molecule has 1 aromatic carbocycles. The molecule has 1 aliphatic carbocycles. The molecule has 0 radical (unpaired) electrons. The normalized spacial score (nSPS) is 17.5. The van der Waals surface area contributed by atoms with Crippen molar-refractivity contribution in [1.82, 2.24) is 9.97 Å². The van der Waals surface area contributed by atoms with Gasteiger partial charge in [0.15, 0.2) is 0 Å². The molecule has 0 bridgehead atoms. The van der Waals surface area contributed by atoms with E-state index in [0.29, 0.717) is 17.2 Å². The molecule has 2 aromatic rings. The first-order chi connectivity index (χ1) is 12.1. The van der Waals surface area contributed by atoms with E-state index in [0.717, 1.165) is 56.0 Å². The fourth-order valence-electron chi connectivity index (χ4n) is 3.63. The average Bonchev–Trinajstić information content (AvgIpc) is 3.22. The molecule has 0 unspecified atom stereocenters. The minimum absolute atomic E-state index is 0. The third-order valence-corrected chi connectivity index (χ3v) is 4.78. The van der Waals surface area contributed by atoms with E-state index < -0.39 is 0 Å². The summed E-state index contributed by atoms with van der Waals surface area (Å²) in [5, 5.41) is 12.3. The van der Waals surface area contributed by atoms with E-state index >= 15 is 0 Å². The highest BCUT2D eigenvalue weighted by Gasteiger charge is 2.27. The number of nitriles is 1. The molecule has 4 rings (SSSR count). The van der Waals surface area contributed by atoms with Gasteiger partial charge in [0, 0.05) is 36.1 Å². The number of fused-ring (bicyclic) bond motifs is 1. The largest absolute Gasteiger partial charge is 0.399 e. The Hall–Kier alpha value is -2.27. The quantitative estimate of drug-likeness (QED) is 0.668. The van der Waals surface area contributed by atoms with Crippen molar-refractivity contribution >= 4 is 48.0 Å². The van der Waals surface area contributed by atoms with E-state index in [4.69, 9.17) is 21.7 Å². The zero-order valence-electron chi connectivity index (χ0n) is 14.8. The van der Waals surface area contributed by atoms with E-state index in [9.17, 15) is 0 Å². The van der Waals surface area contributed by atoms with Crippen molar-refractivity contribution in [1.29, 1.82) is 5.26 Å². The number of nitrogens with zero attached hydrogens (tertiary/aromatic N) is 4. The second-order valence-corrected chi connectivity index (χ2v) is 6.72. The molecule has 27 heavy (non-hydrogen) atoms. The number of hydrogen-bond acceptors (Lipinski definition) is 7. The number of hydrogen-bond donors (Lipinski definition) is 3. The summed E-state index contributed by atoms with van der Waals surface area (Å²) in [5.74, 6) is 1.55. The average molecular weight is 408 g/mol. The first kappa shape index (κ1) is 21.0. The summed E-state index contributed by atoms with van der Waals surface area (Å²) < 4.78 is 0. The van der Waals surface area contributed by atoms with E-state index in [2.05, 4.69) is 21.3 Å². The Bertz CT molecular complexity index is 866. The third kappa shape index (κ3) is 4.35. The van der Waals surface area contributed by atoms with Crippen LogP contribution in [-0.4, -0.2) is 29.1 Å². The van der Waals surface area contributed by atoms with E-state index in [1.54, 1.807) is 18.2 Å². The van der Waals surface area contributed by atoms with Crippen LogP contribution >= 0.6 is 24.8 Å². The summed E-state index contributed by atoms with van der Waals surface area (Å²) in [6.07, 6.45) is 4.09. The molecule has 1 atom stereocenters. The van der Waals surface area contributed by atoms with Gasteiger partial charge in [-0.2, -0.15) is 10.2 Å². The molecule has 1 aromatic heterocycles. The van der Waals surface area contributed by atoms with Crippen molar-refractivity contribution in [2.24, 2.45) is 5.73 Å². The molecule has 0 spiro atoms. The predicted octanol–water partition coefficient (Wildman–Crippen LogP) is 2.54. The summed E-state index contributed by atoms with van der Waals surface area (Å²) in [6.45, 7) is 1.76. The number of aromatic nitrogens is 2. The highest BCUT2D eigenvalue weighted by molar-refractivity contribution is 5.85. The number of nitrogen functional groups attached to an aromatic ring is 1. The van der Waals surface area contributed by atoms with Crippen LogP contribution in [0, 0.1) is 11.3 Å². The maximum atomic E-state index is 9.11. The minimum Gasteiger partial charge on any atom is -0.399 e. The van der Waals surface area contributed by atoms with Gasteiger partial charge in [-0.3, -0.25) is 0 Å². The molecule has 1 fully saturated rings. The molecular formula is C18H23Cl2N7. The van der Waals surface area contributed by atoms with Gasteiger partial charge < -0.3 is 21.7 Å².